The molecule has 2 rings (SSSR count). The lowest BCUT2D eigenvalue weighted by Crippen LogP contribution is -2.27. The van der Waals surface area contributed by atoms with Crippen LogP contribution in [-0.2, 0) is 15.8 Å². The maximum Gasteiger partial charge on any atom is 0.216 e. The van der Waals surface area contributed by atoms with Crippen molar-refractivity contribution in [2.24, 2.45) is 0 Å². The molecule has 3 nitrogen and oxygen atoms in total. The highest BCUT2D eigenvalue weighted by Gasteiger charge is 2.17. The van der Waals surface area contributed by atoms with Crippen molar-refractivity contribution in [2.75, 3.05) is 0 Å². The molecule has 1 aromatic carbocycles. The lowest BCUT2D eigenvalue weighted by atomic mass is 10.2. The van der Waals surface area contributed by atoms with Crippen LogP contribution in [0.15, 0.2) is 41.8 Å². The third kappa shape index (κ3) is 4.12. The molecule has 2 aromatic rings. The van der Waals surface area contributed by atoms with Gasteiger partial charge in [0, 0.05) is 4.88 Å². The van der Waals surface area contributed by atoms with E-state index in [2.05, 4.69) is 4.72 Å². The van der Waals surface area contributed by atoms with Gasteiger partial charge in [-0.25, -0.2) is 17.5 Å². The lowest BCUT2D eigenvalue weighted by molar-refractivity contribution is 0.567. The van der Waals surface area contributed by atoms with E-state index in [9.17, 15) is 12.8 Å². The zero-order valence-corrected chi connectivity index (χ0v) is 12.0. The van der Waals surface area contributed by atoms with Gasteiger partial charge in [0.2, 0.25) is 10.0 Å². The third-order valence-corrected chi connectivity index (χ3v) is 5.08. The molecule has 0 amide bonds. The van der Waals surface area contributed by atoms with Crippen molar-refractivity contribution in [3.63, 3.8) is 0 Å². The first kappa shape index (κ1) is 14.2. The molecule has 1 atom stereocenters. The monoisotopic (exact) mass is 299 g/mol. The van der Waals surface area contributed by atoms with Gasteiger partial charge in [-0.2, -0.15) is 0 Å². The Hall–Kier alpha value is -1.24. The highest BCUT2D eigenvalue weighted by Crippen LogP contribution is 2.19. The van der Waals surface area contributed by atoms with Gasteiger partial charge in [-0.15, -0.1) is 11.3 Å². The maximum atomic E-state index is 12.8. The molecule has 0 saturated heterocycles. The summed E-state index contributed by atoms with van der Waals surface area (Å²) in [4.78, 5) is 0.961. The van der Waals surface area contributed by atoms with Gasteiger partial charge in [0.25, 0.3) is 0 Å². The molecule has 0 aliphatic heterocycles. The van der Waals surface area contributed by atoms with Gasteiger partial charge in [-0.3, -0.25) is 0 Å². The summed E-state index contributed by atoms with van der Waals surface area (Å²) < 4.78 is 39.3. The molecule has 0 aliphatic carbocycles. The Kier molecular flexibility index (Phi) is 4.34. The van der Waals surface area contributed by atoms with E-state index in [1.807, 2.05) is 17.5 Å². The molecule has 6 heteroatoms. The quantitative estimate of drug-likeness (QED) is 0.922. The van der Waals surface area contributed by atoms with Crippen LogP contribution in [0.2, 0.25) is 0 Å². The van der Waals surface area contributed by atoms with Gasteiger partial charge in [0.05, 0.1) is 11.8 Å². The number of hydrogen-bond acceptors (Lipinski definition) is 3. The van der Waals surface area contributed by atoms with E-state index in [4.69, 9.17) is 0 Å². The second-order valence-electron chi connectivity index (χ2n) is 4.24. The normalized spacial score (nSPS) is 13.4. The van der Waals surface area contributed by atoms with E-state index in [0.717, 1.165) is 4.88 Å². The molecule has 19 heavy (non-hydrogen) atoms. The van der Waals surface area contributed by atoms with E-state index in [1.165, 1.54) is 35.6 Å². The summed E-state index contributed by atoms with van der Waals surface area (Å²) in [5.74, 6) is -0.524. The van der Waals surface area contributed by atoms with Gasteiger partial charge in [-0.05, 0) is 36.1 Å². The van der Waals surface area contributed by atoms with Gasteiger partial charge in [0.15, 0.2) is 0 Å². The molecule has 1 N–H and O–H groups in total. The smallest absolute Gasteiger partial charge is 0.212 e. The van der Waals surface area contributed by atoms with Crippen LogP contribution in [0.3, 0.4) is 0 Å². The molecule has 0 aliphatic rings. The summed E-state index contributed by atoms with van der Waals surface area (Å²) in [6, 6.07) is 8.97. The summed E-state index contributed by atoms with van der Waals surface area (Å²) in [5, 5.41) is 1.90. The molecule has 0 spiro atoms. The van der Waals surface area contributed by atoms with Crippen molar-refractivity contribution in [2.45, 2.75) is 18.7 Å². The first-order valence-corrected chi connectivity index (χ1v) is 8.27. The molecule has 1 heterocycles. The minimum absolute atomic E-state index is 0.150. The minimum atomic E-state index is -3.44. The summed E-state index contributed by atoms with van der Waals surface area (Å²) in [6.07, 6.45) is 0. The number of hydrogen-bond donors (Lipinski definition) is 1. The maximum absolute atomic E-state index is 12.8. The molecule has 0 unspecified atom stereocenters. The number of rotatable bonds is 5. The number of benzene rings is 1. The van der Waals surface area contributed by atoms with Crippen LogP contribution in [0.25, 0.3) is 0 Å². The van der Waals surface area contributed by atoms with Crippen LogP contribution in [0.4, 0.5) is 4.39 Å². The predicted octanol–water partition coefficient (Wildman–Crippen LogP) is 3.07. The van der Waals surface area contributed by atoms with Crippen molar-refractivity contribution >= 4 is 21.4 Å². The summed E-state index contributed by atoms with van der Waals surface area (Å²) in [6.45, 7) is 1.80. The van der Waals surface area contributed by atoms with Crippen LogP contribution in [0, 0.1) is 5.82 Å². The van der Waals surface area contributed by atoms with Crippen molar-refractivity contribution in [3.8, 4) is 0 Å². The third-order valence-electron chi connectivity index (χ3n) is 2.60. The van der Waals surface area contributed by atoms with Gasteiger partial charge < -0.3 is 0 Å². The van der Waals surface area contributed by atoms with Crippen molar-refractivity contribution in [1.29, 1.82) is 0 Å². The van der Waals surface area contributed by atoms with Crippen molar-refractivity contribution in [3.05, 3.63) is 58.0 Å². The Morgan fingerprint density at radius 3 is 2.53 bits per heavy atom. The Labute approximate surface area is 116 Å². The number of halogens is 1. The zero-order chi connectivity index (χ0) is 13.9. The zero-order valence-electron chi connectivity index (χ0n) is 10.3. The molecule has 0 bridgehead atoms. The van der Waals surface area contributed by atoms with Crippen LogP contribution in [0.5, 0.6) is 0 Å². The Morgan fingerprint density at radius 1 is 1.26 bits per heavy atom. The minimum Gasteiger partial charge on any atom is -0.212 e. The molecular weight excluding hydrogens is 285 g/mol. The van der Waals surface area contributed by atoms with Crippen LogP contribution < -0.4 is 4.72 Å². The van der Waals surface area contributed by atoms with E-state index in [0.29, 0.717) is 5.56 Å². The topological polar surface area (TPSA) is 46.2 Å². The summed E-state index contributed by atoms with van der Waals surface area (Å²) in [5.41, 5.74) is 0.562. The second-order valence-corrected chi connectivity index (χ2v) is 6.97. The predicted molar refractivity (Wildman–Crippen MR) is 74.9 cm³/mol. The standard InChI is InChI=1S/C13H14FNO2S2/c1-10(13-3-2-8-18-13)15-19(16,17)9-11-4-6-12(14)7-5-11/h2-8,10,15H,9H2,1H3/t10-/m1/s1. The molecule has 0 radical (unpaired) electrons. The van der Waals surface area contributed by atoms with Crippen LogP contribution >= 0.6 is 11.3 Å². The first-order valence-electron chi connectivity index (χ1n) is 5.74. The van der Waals surface area contributed by atoms with E-state index in [1.54, 1.807) is 6.92 Å². The number of nitrogens with one attached hydrogen (secondary N) is 1. The van der Waals surface area contributed by atoms with Crippen LogP contribution in [0.1, 0.15) is 23.4 Å². The molecular formula is C13H14FNO2S2. The number of thiophene rings is 1. The van der Waals surface area contributed by atoms with E-state index < -0.39 is 10.0 Å². The van der Waals surface area contributed by atoms with Gasteiger partial charge >= 0.3 is 0 Å². The summed E-state index contributed by atoms with van der Waals surface area (Å²) in [7, 11) is -3.44. The fraction of sp³-hybridized carbons (Fsp3) is 0.231. The highest BCUT2D eigenvalue weighted by molar-refractivity contribution is 7.88. The Bertz CT molecular complexity index is 621. The second kappa shape index (κ2) is 5.81. The average molecular weight is 299 g/mol. The average Bonchev–Trinajstić information content (AvgIpc) is 2.85. The first-order chi connectivity index (χ1) is 8.96. The SMILES string of the molecule is C[C@@H](NS(=O)(=O)Cc1ccc(F)cc1)c1cccs1. The van der Waals surface area contributed by atoms with Gasteiger partial charge in [0.1, 0.15) is 5.82 Å². The lowest BCUT2D eigenvalue weighted by Gasteiger charge is -2.12. The molecule has 0 saturated carbocycles. The van der Waals surface area contributed by atoms with Crippen molar-refractivity contribution in [1.82, 2.24) is 4.72 Å². The molecule has 102 valence electrons. The Morgan fingerprint density at radius 2 is 1.95 bits per heavy atom. The van der Waals surface area contributed by atoms with Crippen molar-refractivity contribution < 1.29 is 12.8 Å². The van der Waals surface area contributed by atoms with Gasteiger partial charge in [-0.1, -0.05) is 18.2 Å². The fourth-order valence-corrected chi connectivity index (χ4v) is 3.90. The molecule has 1 aromatic heterocycles. The summed E-state index contributed by atoms with van der Waals surface area (Å²) >= 11 is 1.50. The largest absolute Gasteiger partial charge is 0.216 e. The van der Waals surface area contributed by atoms with Crippen LogP contribution in [-0.4, -0.2) is 8.42 Å². The van der Waals surface area contributed by atoms with E-state index in [-0.39, 0.29) is 17.6 Å². The number of sulfonamides is 1. The molecule has 0 fully saturated rings. The fourth-order valence-electron chi connectivity index (χ4n) is 1.71. The Balaban J connectivity index is 2.04. The highest BCUT2D eigenvalue weighted by atomic mass is 32.2. The van der Waals surface area contributed by atoms with E-state index >= 15 is 0 Å².